The average molecular weight is 293 g/mol. The van der Waals surface area contributed by atoms with Crippen LogP contribution in [0.25, 0.3) is 0 Å². The van der Waals surface area contributed by atoms with E-state index in [1.54, 1.807) is 31.2 Å². The number of ether oxygens (including phenoxy) is 1. The molecule has 19 heavy (non-hydrogen) atoms. The molecule has 1 aromatic carbocycles. The summed E-state index contributed by atoms with van der Waals surface area (Å²) in [6.07, 6.45) is -4.23. The number of methoxy groups -OCH3 is 1. The van der Waals surface area contributed by atoms with E-state index in [-0.39, 0.29) is 0 Å². The zero-order valence-corrected chi connectivity index (χ0v) is 11.3. The van der Waals surface area contributed by atoms with Gasteiger partial charge in [-0.05, 0) is 19.1 Å². The predicted molar refractivity (Wildman–Crippen MR) is 68.3 cm³/mol. The van der Waals surface area contributed by atoms with E-state index in [1.165, 1.54) is 7.11 Å². The molecule has 0 radical (unpaired) electrons. The summed E-state index contributed by atoms with van der Waals surface area (Å²) in [6.45, 7) is 1.58. The summed E-state index contributed by atoms with van der Waals surface area (Å²) in [5, 5.41) is 2.83. The van der Waals surface area contributed by atoms with Crippen LogP contribution < -0.4 is 5.32 Å². The van der Waals surface area contributed by atoms with E-state index in [2.05, 4.69) is 10.1 Å². The van der Waals surface area contributed by atoms with Crippen molar-refractivity contribution in [1.82, 2.24) is 0 Å². The van der Waals surface area contributed by atoms with Gasteiger partial charge < -0.3 is 10.1 Å². The Balaban J connectivity index is 2.75. The topological polar surface area (TPSA) is 38.3 Å². The van der Waals surface area contributed by atoms with Crippen LogP contribution in [-0.4, -0.2) is 31.1 Å². The van der Waals surface area contributed by atoms with Crippen molar-refractivity contribution in [3.63, 3.8) is 0 Å². The van der Waals surface area contributed by atoms with Crippen molar-refractivity contribution in [2.45, 2.75) is 24.0 Å². The Morgan fingerprint density at radius 1 is 1.42 bits per heavy atom. The Hall–Kier alpha value is -1.37. The molecule has 1 aromatic rings. The lowest BCUT2D eigenvalue weighted by atomic mass is 10.2. The summed E-state index contributed by atoms with van der Waals surface area (Å²) < 4.78 is 41.2. The lowest BCUT2D eigenvalue weighted by Crippen LogP contribution is -2.27. The van der Waals surface area contributed by atoms with Gasteiger partial charge in [0.25, 0.3) is 0 Å². The Kier molecular flexibility index (Phi) is 5.53. The molecule has 0 amide bonds. The van der Waals surface area contributed by atoms with Gasteiger partial charge in [0.2, 0.25) is 0 Å². The van der Waals surface area contributed by atoms with Gasteiger partial charge in [0.15, 0.2) is 0 Å². The molecule has 0 fully saturated rings. The van der Waals surface area contributed by atoms with Gasteiger partial charge in [0.1, 0.15) is 6.04 Å². The van der Waals surface area contributed by atoms with Crippen molar-refractivity contribution >= 4 is 23.4 Å². The molecule has 106 valence electrons. The Bertz CT molecular complexity index is 437. The summed E-state index contributed by atoms with van der Waals surface area (Å²) in [7, 11) is 1.25. The molecule has 0 saturated heterocycles. The number of benzene rings is 1. The number of carbonyl (C=O) groups excluding carboxylic acids is 1. The molecule has 1 rings (SSSR count). The fourth-order valence-corrected chi connectivity index (χ4v) is 2.12. The smallest absolute Gasteiger partial charge is 0.398 e. The molecule has 0 aliphatic carbocycles. The van der Waals surface area contributed by atoms with Crippen LogP contribution >= 0.6 is 11.8 Å². The number of nitrogens with one attached hydrogen (secondary N) is 1. The van der Waals surface area contributed by atoms with Crippen LogP contribution in [0.4, 0.5) is 18.9 Å². The first kappa shape index (κ1) is 15.7. The van der Waals surface area contributed by atoms with Crippen molar-refractivity contribution in [1.29, 1.82) is 0 Å². The van der Waals surface area contributed by atoms with Crippen LogP contribution in [0, 0.1) is 0 Å². The van der Waals surface area contributed by atoms with Crippen LogP contribution in [0.3, 0.4) is 0 Å². The maximum absolute atomic E-state index is 12.2. The highest BCUT2D eigenvalue weighted by molar-refractivity contribution is 7.99. The molecular formula is C12H14F3NO2S. The zero-order valence-electron chi connectivity index (χ0n) is 10.5. The molecule has 0 bridgehead atoms. The third-order valence-electron chi connectivity index (χ3n) is 2.21. The first-order valence-corrected chi connectivity index (χ1v) is 6.45. The van der Waals surface area contributed by atoms with Crippen molar-refractivity contribution in [3.05, 3.63) is 24.3 Å². The number of thioether (sulfide) groups is 1. The number of esters is 1. The molecule has 7 heteroatoms. The highest BCUT2D eigenvalue weighted by Gasteiger charge is 2.27. The second kappa shape index (κ2) is 6.70. The fourth-order valence-electron chi connectivity index (χ4n) is 1.34. The molecule has 0 saturated carbocycles. The highest BCUT2D eigenvalue weighted by Crippen LogP contribution is 2.32. The minimum absolute atomic E-state index is 0.440. The van der Waals surface area contributed by atoms with Crippen LogP contribution in [0.15, 0.2) is 29.2 Å². The summed E-state index contributed by atoms with van der Waals surface area (Å²) in [5.74, 6) is -1.45. The maximum Gasteiger partial charge on any atom is 0.398 e. The molecule has 0 spiro atoms. The molecule has 0 heterocycles. The largest absolute Gasteiger partial charge is 0.467 e. The first-order chi connectivity index (χ1) is 8.83. The SMILES string of the molecule is COC(=O)C(C)Nc1ccccc1SCC(F)(F)F. The molecule has 1 N–H and O–H groups in total. The van der Waals surface area contributed by atoms with Crippen molar-refractivity contribution < 1.29 is 22.7 Å². The Labute approximate surface area is 113 Å². The quantitative estimate of drug-likeness (QED) is 0.667. The van der Waals surface area contributed by atoms with E-state index in [1.807, 2.05) is 0 Å². The summed E-state index contributed by atoms with van der Waals surface area (Å²) in [4.78, 5) is 11.7. The van der Waals surface area contributed by atoms with Gasteiger partial charge in [0.05, 0.1) is 12.9 Å². The third-order valence-corrected chi connectivity index (χ3v) is 3.34. The Morgan fingerprint density at radius 3 is 2.63 bits per heavy atom. The van der Waals surface area contributed by atoms with E-state index in [4.69, 9.17) is 0 Å². The molecular weight excluding hydrogens is 279 g/mol. The van der Waals surface area contributed by atoms with Gasteiger partial charge in [-0.1, -0.05) is 12.1 Å². The van der Waals surface area contributed by atoms with E-state index in [9.17, 15) is 18.0 Å². The number of para-hydroxylation sites is 1. The number of anilines is 1. The van der Waals surface area contributed by atoms with Crippen molar-refractivity contribution in [2.75, 3.05) is 18.2 Å². The standard InChI is InChI=1S/C12H14F3NO2S/c1-8(11(17)18-2)16-9-5-3-4-6-10(9)19-7-12(13,14)15/h3-6,8,16H,7H2,1-2H3. The third kappa shape index (κ3) is 5.42. The minimum atomic E-state index is -4.23. The monoisotopic (exact) mass is 293 g/mol. The van der Waals surface area contributed by atoms with E-state index in [0.717, 1.165) is 0 Å². The Morgan fingerprint density at radius 2 is 2.05 bits per heavy atom. The molecule has 0 aliphatic heterocycles. The van der Waals surface area contributed by atoms with Crippen molar-refractivity contribution in [2.24, 2.45) is 0 Å². The number of hydrogen-bond donors (Lipinski definition) is 1. The first-order valence-electron chi connectivity index (χ1n) is 5.46. The van der Waals surface area contributed by atoms with Crippen LogP contribution in [0.5, 0.6) is 0 Å². The number of alkyl halides is 3. The van der Waals surface area contributed by atoms with Gasteiger partial charge in [-0.25, -0.2) is 4.79 Å². The lowest BCUT2D eigenvalue weighted by Gasteiger charge is -2.16. The second-order valence-corrected chi connectivity index (χ2v) is 4.81. The zero-order chi connectivity index (χ0) is 14.5. The summed E-state index contributed by atoms with van der Waals surface area (Å²) in [6, 6.07) is 5.90. The van der Waals surface area contributed by atoms with Gasteiger partial charge >= 0.3 is 12.1 Å². The predicted octanol–water partition coefficient (Wildman–Crippen LogP) is 3.31. The fraction of sp³-hybridized carbons (Fsp3) is 0.417. The molecule has 0 aromatic heterocycles. The molecule has 0 aliphatic rings. The van der Waals surface area contributed by atoms with Crippen LogP contribution in [0.1, 0.15) is 6.92 Å². The van der Waals surface area contributed by atoms with E-state index >= 15 is 0 Å². The average Bonchev–Trinajstić information content (AvgIpc) is 2.35. The second-order valence-electron chi connectivity index (χ2n) is 3.79. The lowest BCUT2D eigenvalue weighted by molar-refractivity contribution is -0.141. The summed E-state index contributed by atoms with van der Waals surface area (Å²) >= 11 is 0.676. The van der Waals surface area contributed by atoms with E-state index in [0.29, 0.717) is 22.3 Å². The number of hydrogen-bond acceptors (Lipinski definition) is 4. The number of carbonyl (C=O) groups is 1. The van der Waals surface area contributed by atoms with Crippen LogP contribution in [-0.2, 0) is 9.53 Å². The van der Waals surface area contributed by atoms with Crippen molar-refractivity contribution in [3.8, 4) is 0 Å². The van der Waals surface area contributed by atoms with Gasteiger partial charge in [-0.2, -0.15) is 13.2 Å². The van der Waals surface area contributed by atoms with Crippen LogP contribution in [0.2, 0.25) is 0 Å². The summed E-state index contributed by atoms with van der Waals surface area (Å²) in [5.41, 5.74) is 0.481. The van der Waals surface area contributed by atoms with Gasteiger partial charge in [-0.15, -0.1) is 11.8 Å². The molecule has 3 nitrogen and oxygen atoms in total. The number of halogens is 3. The van der Waals surface area contributed by atoms with Gasteiger partial charge in [0, 0.05) is 10.6 Å². The molecule has 1 unspecified atom stereocenters. The minimum Gasteiger partial charge on any atom is -0.467 e. The number of rotatable bonds is 5. The highest BCUT2D eigenvalue weighted by atomic mass is 32.2. The normalized spacial score (nSPS) is 12.9. The maximum atomic E-state index is 12.2. The van der Waals surface area contributed by atoms with Gasteiger partial charge in [-0.3, -0.25) is 0 Å². The molecule has 1 atom stereocenters. The van der Waals surface area contributed by atoms with E-state index < -0.39 is 23.9 Å².